The Morgan fingerprint density at radius 3 is 2.50 bits per heavy atom. The van der Waals surface area contributed by atoms with Gasteiger partial charge >= 0.3 is 0 Å². The zero-order valence-electron chi connectivity index (χ0n) is 11.0. The highest BCUT2D eigenvalue weighted by atomic mass is 15.0. The molecule has 0 saturated carbocycles. The third-order valence-corrected chi connectivity index (χ3v) is 3.88. The van der Waals surface area contributed by atoms with Crippen molar-refractivity contribution >= 4 is 0 Å². The van der Waals surface area contributed by atoms with Gasteiger partial charge in [0.1, 0.15) is 0 Å². The molecule has 1 aliphatic heterocycles. The maximum Gasteiger partial charge on any atom is 0.0610 e. The molecule has 3 atom stereocenters. The highest BCUT2D eigenvalue weighted by Gasteiger charge is 2.37. The predicted molar refractivity (Wildman–Crippen MR) is 78.1 cm³/mol. The summed E-state index contributed by atoms with van der Waals surface area (Å²) in [6.45, 7) is 11.6. The van der Waals surface area contributed by atoms with Crippen LogP contribution in [0.15, 0.2) is 61.4 Å². The van der Waals surface area contributed by atoms with E-state index in [1.54, 1.807) is 0 Å². The van der Waals surface area contributed by atoms with Crippen molar-refractivity contribution in [1.29, 1.82) is 0 Å². The molecular weight excluding hydrogens is 218 g/mol. The first-order chi connectivity index (χ1) is 8.81. The summed E-state index contributed by atoms with van der Waals surface area (Å²) in [4.78, 5) is 0. The smallest absolute Gasteiger partial charge is 0.0610 e. The molecule has 3 unspecified atom stereocenters. The monoisotopic (exact) mass is 240 g/mol. The molecule has 95 valence electrons. The van der Waals surface area contributed by atoms with Crippen LogP contribution in [0.3, 0.4) is 0 Å². The van der Waals surface area contributed by atoms with E-state index in [0.29, 0.717) is 17.9 Å². The molecule has 0 amide bonds. The molecule has 1 aliphatic carbocycles. The summed E-state index contributed by atoms with van der Waals surface area (Å²) in [6, 6.07) is 0.362. The number of hydrogen-bond donors (Lipinski definition) is 0. The van der Waals surface area contributed by atoms with E-state index in [-0.39, 0.29) is 0 Å². The van der Waals surface area contributed by atoms with Gasteiger partial charge in [0, 0.05) is 5.92 Å². The molecule has 1 radical (unpaired) electrons. The lowest BCUT2D eigenvalue weighted by atomic mass is 9.78. The van der Waals surface area contributed by atoms with E-state index in [2.05, 4.69) is 31.9 Å². The minimum Gasteiger partial charge on any atom is -0.281 e. The van der Waals surface area contributed by atoms with Gasteiger partial charge in [0.25, 0.3) is 0 Å². The SMILES string of the molecule is C=CCC1CC=CC2=C1C(CC=C)C(CC=C)[N]2. The van der Waals surface area contributed by atoms with Crippen molar-refractivity contribution in [3.05, 3.63) is 61.4 Å². The van der Waals surface area contributed by atoms with Gasteiger partial charge in [0.05, 0.1) is 11.7 Å². The van der Waals surface area contributed by atoms with Gasteiger partial charge in [-0.25, -0.2) is 0 Å². The van der Waals surface area contributed by atoms with Crippen LogP contribution in [0.25, 0.3) is 0 Å². The van der Waals surface area contributed by atoms with Crippen molar-refractivity contribution in [2.24, 2.45) is 11.8 Å². The molecule has 1 nitrogen and oxygen atoms in total. The van der Waals surface area contributed by atoms with Crippen LogP contribution in [0, 0.1) is 11.8 Å². The van der Waals surface area contributed by atoms with Crippen LogP contribution in [0.1, 0.15) is 25.7 Å². The summed E-state index contributed by atoms with van der Waals surface area (Å²) in [5, 5.41) is 4.87. The summed E-state index contributed by atoms with van der Waals surface area (Å²) in [7, 11) is 0. The fourth-order valence-electron chi connectivity index (χ4n) is 3.14. The molecule has 1 heteroatoms. The van der Waals surface area contributed by atoms with Crippen LogP contribution in [0.2, 0.25) is 0 Å². The van der Waals surface area contributed by atoms with Gasteiger partial charge in [-0.15, -0.1) is 19.7 Å². The Morgan fingerprint density at radius 2 is 1.83 bits per heavy atom. The fraction of sp³-hybridized carbons (Fsp3) is 0.412. The van der Waals surface area contributed by atoms with Gasteiger partial charge < -0.3 is 0 Å². The van der Waals surface area contributed by atoms with Crippen molar-refractivity contribution in [3.63, 3.8) is 0 Å². The van der Waals surface area contributed by atoms with Gasteiger partial charge in [-0.2, -0.15) is 0 Å². The minimum absolute atomic E-state index is 0.362. The third-order valence-electron chi connectivity index (χ3n) is 3.88. The third kappa shape index (κ3) is 2.35. The minimum atomic E-state index is 0.362. The molecule has 0 aromatic carbocycles. The van der Waals surface area contributed by atoms with E-state index in [1.807, 2.05) is 18.2 Å². The summed E-state index contributed by atoms with van der Waals surface area (Å²) < 4.78 is 0. The Hall–Kier alpha value is -1.50. The Balaban J connectivity index is 2.26. The molecule has 0 N–H and O–H groups in total. The first kappa shape index (κ1) is 12.9. The van der Waals surface area contributed by atoms with E-state index >= 15 is 0 Å². The number of rotatable bonds is 6. The average molecular weight is 240 g/mol. The first-order valence-electron chi connectivity index (χ1n) is 6.76. The first-order valence-corrected chi connectivity index (χ1v) is 6.76. The maximum atomic E-state index is 4.87. The Morgan fingerprint density at radius 1 is 1.11 bits per heavy atom. The van der Waals surface area contributed by atoms with Gasteiger partial charge in [-0.05, 0) is 43.3 Å². The molecule has 1 heterocycles. The van der Waals surface area contributed by atoms with E-state index in [0.717, 1.165) is 25.7 Å². The zero-order chi connectivity index (χ0) is 13.0. The van der Waals surface area contributed by atoms with Crippen LogP contribution in [0.4, 0.5) is 0 Å². The summed E-state index contributed by atoms with van der Waals surface area (Å²) in [6.07, 6.45) is 14.6. The highest BCUT2D eigenvalue weighted by molar-refractivity contribution is 5.38. The quantitative estimate of drug-likeness (QED) is 0.619. The van der Waals surface area contributed by atoms with Crippen molar-refractivity contribution in [1.82, 2.24) is 5.32 Å². The maximum absolute atomic E-state index is 4.87. The molecular formula is C17H22N. The molecule has 2 rings (SSSR count). The molecule has 0 fully saturated rings. The normalized spacial score (nSPS) is 29.7. The fourth-order valence-corrected chi connectivity index (χ4v) is 3.14. The lowest BCUT2D eigenvalue weighted by Gasteiger charge is -2.25. The Labute approximate surface area is 111 Å². The second-order valence-corrected chi connectivity index (χ2v) is 5.05. The van der Waals surface area contributed by atoms with Crippen LogP contribution in [-0.4, -0.2) is 6.04 Å². The summed E-state index contributed by atoms with van der Waals surface area (Å²) in [5.41, 5.74) is 2.75. The summed E-state index contributed by atoms with van der Waals surface area (Å²) >= 11 is 0. The largest absolute Gasteiger partial charge is 0.281 e. The van der Waals surface area contributed by atoms with Gasteiger partial charge in [0.15, 0.2) is 0 Å². The van der Waals surface area contributed by atoms with Crippen LogP contribution in [0.5, 0.6) is 0 Å². The van der Waals surface area contributed by atoms with E-state index in [1.165, 1.54) is 11.3 Å². The predicted octanol–water partition coefficient (Wildman–Crippen LogP) is 4.15. The average Bonchev–Trinajstić information content (AvgIpc) is 2.70. The lowest BCUT2D eigenvalue weighted by Crippen LogP contribution is -2.24. The summed E-state index contributed by atoms with van der Waals surface area (Å²) in [5.74, 6) is 1.11. The second kappa shape index (κ2) is 5.90. The van der Waals surface area contributed by atoms with Crippen molar-refractivity contribution in [3.8, 4) is 0 Å². The molecule has 0 spiro atoms. The van der Waals surface area contributed by atoms with E-state index in [9.17, 15) is 0 Å². The van der Waals surface area contributed by atoms with Crippen LogP contribution < -0.4 is 5.32 Å². The molecule has 18 heavy (non-hydrogen) atoms. The second-order valence-electron chi connectivity index (χ2n) is 5.05. The molecule has 0 aromatic rings. The van der Waals surface area contributed by atoms with Crippen LogP contribution in [-0.2, 0) is 0 Å². The standard InChI is InChI=1S/C17H22N/c1-4-8-13-11-7-12-16-17(13)14(9-5-2)15(18-16)10-6-3/h4-7,12-15H,1-3,8-11H2. The molecule has 0 bridgehead atoms. The van der Waals surface area contributed by atoms with Crippen LogP contribution >= 0.6 is 0 Å². The van der Waals surface area contributed by atoms with Gasteiger partial charge in [0.2, 0.25) is 0 Å². The number of allylic oxidation sites excluding steroid dienone is 4. The Kier molecular flexibility index (Phi) is 4.24. The lowest BCUT2D eigenvalue weighted by molar-refractivity contribution is 0.434. The van der Waals surface area contributed by atoms with E-state index < -0.39 is 0 Å². The molecule has 0 aromatic heterocycles. The molecule has 0 saturated heterocycles. The highest BCUT2D eigenvalue weighted by Crippen LogP contribution is 2.42. The van der Waals surface area contributed by atoms with Crippen molar-refractivity contribution in [2.45, 2.75) is 31.7 Å². The van der Waals surface area contributed by atoms with Gasteiger partial charge in [-0.3, -0.25) is 5.32 Å². The molecule has 2 aliphatic rings. The van der Waals surface area contributed by atoms with Crippen molar-refractivity contribution < 1.29 is 0 Å². The topological polar surface area (TPSA) is 14.1 Å². The number of hydrogen-bond acceptors (Lipinski definition) is 0. The van der Waals surface area contributed by atoms with Crippen molar-refractivity contribution in [2.75, 3.05) is 0 Å². The van der Waals surface area contributed by atoms with Gasteiger partial charge in [-0.1, -0.05) is 24.3 Å². The van der Waals surface area contributed by atoms with E-state index in [4.69, 9.17) is 5.32 Å². The number of nitrogens with zero attached hydrogens (tertiary/aromatic N) is 1. The zero-order valence-corrected chi connectivity index (χ0v) is 11.0. The Bertz CT molecular complexity index is 398.